The van der Waals surface area contributed by atoms with Crippen molar-refractivity contribution in [3.63, 3.8) is 0 Å². The molecule has 18 heavy (non-hydrogen) atoms. The molecule has 0 radical (unpaired) electrons. The van der Waals surface area contributed by atoms with Crippen molar-refractivity contribution in [3.05, 3.63) is 48.2 Å². The van der Waals surface area contributed by atoms with E-state index in [4.69, 9.17) is 4.55 Å². The molecule has 0 aliphatic carbocycles. The van der Waals surface area contributed by atoms with Gasteiger partial charge in [0.15, 0.2) is 5.03 Å². The fourth-order valence-corrected chi connectivity index (χ4v) is 2.28. The third-order valence-electron chi connectivity index (χ3n) is 2.45. The van der Waals surface area contributed by atoms with Crippen molar-refractivity contribution in [1.29, 1.82) is 0 Å². The minimum absolute atomic E-state index is 0.330. The van der Waals surface area contributed by atoms with Gasteiger partial charge in [-0.25, -0.2) is 4.98 Å². The highest BCUT2D eigenvalue weighted by atomic mass is 32.2. The van der Waals surface area contributed by atoms with Gasteiger partial charge in [0.05, 0.1) is 0 Å². The van der Waals surface area contributed by atoms with Gasteiger partial charge < -0.3 is 5.32 Å². The zero-order valence-corrected chi connectivity index (χ0v) is 10.5. The molecule has 6 heteroatoms. The molecule has 0 spiro atoms. The highest BCUT2D eigenvalue weighted by Crippen LogP contribution is 2.23. The first-order valence-corrected chi connectivity index (χ1v) is 6.67. The summed E-state index contributed by atoms with van der Waals surface area (Å²) >= 11 is 0. The van der Waals surface area contributed by atoms with Crippen molar-refractivity contribution in [2.75, 3.05) is 5.32 Å². The fraction of sp³-hybridized carbons (Fsp3) is 0.0833. The van der Waals surface area contributed by atoms with E-state index in [2.05, 4.69) is 10.3 Å². The number of rotatable bonds is 3. The van der Waals surface area contributed by atoms with Gasteiger partial charge in [-0.15, -0.1) is 0 Å². The lowest BCUT2D eigenvalue weighted by Gasteiger charge is -2.10. The number of nitrogens with zero attached hydrogens (tertiary/aromatic N) is 1. The minimum atomic E-state index is -4.30. The van der Waals surface area contributed by atoms with Gasteiger partial charge >= 0.3 is 10.1 Å². The standard InChI is InChI=1S/C12H12N2O3S/c1-9-11(14-10-5-3-2-4-6-10)7-8-13-12(9)18(15,16)17/h2-8H,1H3,(H,13,14)(H,15,16,17). The lowest BCUT2D eigenvalue weighted by molar-refractivity contribution is 0.478. The first-order valence-electron chi connectivity index (χ1n) is 5.23. The molecule has 1 aromatic heterocycles. The predicted molar refractivity (Wildman–Crippen MR) is 68.5 cm³/mol. The molecule has 0 bridgehead atoms. The van der Waals surface area contributed by atoms with Crippen LogP contribution in [-0.4, -0.2) is 18.0 Å². The number of anilines is 2. The number of benzene rings is 1. The van der Waals surface area contributed by atoms with Gasteiger partial charge in [-0.3, -0.25) is 4.55 Å². The normalized spacial score (nSPS) is 11.2. The van der Waals surface area contributed by atoms with Crippen molar-refractivity contribution in [3.8, 4) is 0 Å². The van der Waals surface area contributed by atoms with Crippen LogP contribution < -0.4 is 5.32 Å². The fourth-order valence-electron chi connectivity index (χ4n) is 1.59. The van der Waals surface area contributed by atoms with Crippen LogP contribution in [0.2, 0.25) is 0 Å². The number of para-hydroxylation sites is 1. The van der Waals surface area contributed by atoms with Crippen LogP contribution in [0.3, 0.4) is 0 Å². The number of hydrogen-bond acceptors (Lipinski definition) is 4. The SMILES string of the molecule is Cc1c(Nc2ccccc2)ccnc1S(=O)(=O)O. The zero-order valence-electron chi connectivity index (χ0n) is 9.66. The summed E-state index contributed by atoms with van der Waals surface area (Å²) < 4.78 is 31.3. The first-order chi connectivity index (χ1) is 8.48. The number of nitrogens with one attached hydrogen (secondary N) is 1. The molecule has 0 saturated carbocycles. The minimum Gasteiger partial charge on any atom is -0.355 e. The van der Waals surface area contributed by atoms with Gasteiger partial charge in [0.2, 0.25) is 0 Å². The highest BCUT2D eigenvalue weighted by molar-refractivity contribution is 7.85. The van der Waals surface area contributed by atoms with E-state index >= 15 is 0 Å². The summed E-state index contributed by atoms with van der Waals surface area (Å²) in [4.78, 5) is 3.67. The van der Waals surface area contributed by atoms with Gasteiger partial charge in [-0.1, -0.05) is 18.2 Å². The largest absolute Gasteiger partial charge is 0.355 e. The maximum atomic E-state index is 11.1. The van der Waals surface area contributed by atoms with Crippen molar-refractivity contribution in [2.45, 2.75) is 11.9 Å². The monoisotopic (exact) mass is 264 g/mol. The Hall–Kier alpha value is -1.92. The van der Waals surface area contributed by atoms with Gasteiger partial charge in [-0.05, 0) is 25.1 Å². The second kappa shape index (κ2) is 4.75. The third kappa shape index (κ3) is 2.66. The van der Waals surface area contributed by atoms with E-state index in [1.165, 1.54) is 6.20 Å². The maximum Gasteiger partial charge on any atom is 0.312 e. The van der Waals surface area contributed by atoms with Crippen LogP contribution in [0.4, 0.5) is 11.4 Å². The predicted octanol–water partition coefficient (Wildman–Crippen LogP) is 2.38. The van der Waals surface area contributed by atoms with E-state index < -0.39 is 10.1 Å². The Labute approximate surface area is 105 Å². The molecule has 0 aliphatic rings. The molecule has 0 aliphatic heterocycles. The van der Waals surface area contributed by atoms with E-state index in [0.717, 1.165) is 5.69 Å². The van der Waals surface area contributed by atoms with E-state index in [1.54, 1.807) is 13.0 Å². The molecule has 0 atom stereocenters. The Kier molecular flexibility index (Phi) is 3.31. The van der Waals surface area contributed by atoms with Crippen LogP contribution in [0, 0.1) is 6.92 Å². The molecule has 2 rings (SSSR count). The van der Waals surface area contributed by atoms with Gasteiger partial charge in [-0.2, -0.15) is 8.42 Å². The summed E-state index contributed by atoms with van der Waals surface area (Å²) in [6, 6.07) is 11.0. The quantitative estimate of drug-likeness (QED) is 0.832. The number of aromatic nitrogens is 1. The molecular formula is C12H12N2O3S. The summed E-state index contributed by atoms with van der Waals surface area (Å²) in [5, 5.41) is 2.74. The first kappa shape index (κ1) is 12.5. The summed E-state index contributed by atoms with van der Waals surface area (Å²) in [5.41, 5.74) is 1.79. The van der Waals surface area contributed by atoms with Crippen LogP contribution in [0.15, 0.2) is 47.6 Å². The van der Waals surface area contributed by atoms with Crippen molar-refractivity contribution in [2.24, 2.45) is 0 Å². The van der Waals surface area contributed by atoms with Crippen LogP contribution in [0.25, 0.3) is 0 Å². The second-order valence-corrected chi connectivity index (χ2v) is 5.09. The summed E-state index contributed by atoms with van der Waals surface area (Å²) in [7, 11) is -4.30. The summed E-state index contributed by atoms with van der Waals surface area (Å²) in [5.74, 6) is 0. The average molecular weight is 264 g/mol. The summed E-state index contributed by atoms with van der Waals surface area (Å²) in [6.07, 6.45) is 1.33. The average Bonchev–Trinajstić information content (AvgIpc) is 2.32. The van der Waals surface area contributed by atoms with E-state index in [9.17, 15) is 8.42 Å². The van der Waals surface area contributed by atoms with Crippen LogP contribution in [-0.2, 0) is 10.1 Å². The Bertz CT molecular complexity index is 654. The zero-order chi connectivity index (χ0) is 13.2. The smallest absolute Gasteiger partial charge is 0.312 e. The van der Waals surface area contributed by atoms with Gasteiger partial charge in [0.25, 0.3) is 0 Å². The maximum absolute atomic E-state index is 11.1. The third-order valence-corrected chi connectivity index (χ3v) is 3.36. The van der Waals surface area contributed by atoms with Crippen LogP contribution >= 0.6 is 0 Å². The topological polar surface area (TPSA) is 79.3 Å². The van der Waals surface area contributed by atoms with E-state index in [1.807, 2.05) is 30.3 Å². The highest BCUT2D eigenvalue weighted by Gasteiger charge is 2.17. The Morgan fingerprint density at radius 1 is 1.17 bits per heavy atom. The van der Waals surface area contributed by atoms with Crippen LogP contribution in [0.5, 0.6) is 0 Å². The second-order valence-electron chi connectivity index (χ2n) is 3.75. The molecule has 0 fully saturated rings. The Morgan fingerprint density at radius 3 is 2.44 bits per heavy atom. The van der Waals surface area contributed by atoms with Gasteiger partial charge in [0.1, 0.15) is 0 Å². The molecule has 2 aromatic rings. The van der Waals surface area contributed by atoms with Crippen molar-refractivity contribution >= 4 is 21.5 Å². The van der Waals surface area contributed by atoms with Gasteiger partial charge in [0, 0.05) is 23.1 Å². The van der Waals surface area contributed by atoms with Crippen LogP contribution in [0.1, 0.15) is 5.56 Å². The molecule has 1 aromatic carbocycles. The summed E-state index contributed by atoms with van der Waals surface area (Å²) in [6.45, 7) is 1.58. The molecule has 2 N–H and O–H groups in total. The van der Waals surface area contributed by atoms with E-state index in [-0.39, 0.29) is 5.03 Å². The molecule has 1 heterocycles. The molecule has 5 nitrogen and oxygen atoms in total. The number of pyridine rings is 1. The lowest BCUT2D eigenvalue weighted by atomic mass is 10.2. The molecule has 94 valence electrons. The molecule has 0 unspecified atom stereocenters. The Morgan fingerprint density at radius 2 is 1.83 bits per heavy atom. The van der Waals surface area contributed by atoms with E-state index in [0.29, 0.717) is 11.3 Å². The Balaban J connectivity index is 2.42. The number of hydrogen-bond donors (Lipinski definition) is 2. The van der Waals surface area contributed by atoms with Crippen molar-refractivity contribution in [1.82, 2.24) is 4.98 Å². The van der Waals surface area contributed by atoms with Crippen molar-refractivity contribution < 1.29 is 13.0 Å². The molecule has 0 amide bonds. The molecular weight excluding hydrogens is 252 g/mol. The molecule has 0 saturated heterocycles. The lowest BCUT2D eigenvalue weighted by Crippen LogP contribution is -2.06.